The summed E-state index contributed by atoms with van der Waals surface area (Å²) in [6, 6.07) is 4.92. The minimum Gasteiger partial charge on any atom is -0.504 e. The Labute approximate surface area is 230 Å². The van der Waals surface area contributed by atoms with E-state index in [2.05, 4.69) is 0 Å². The van der Waals surface area contributed by atoms with Gasteiger partial charge in [0.15, 0.2) is 11.5 Å². The van der Waals surface area contributed by atoms with Gasteiger partial charge in [-0.2, -0.15) is 0 Å². The number of carboxylic acids is 1. The lowest BCUT2D eigenvalue weighted by Crippen LogP contribution is -2.02. The highest BCUT2D eigenvalue weighted by Crippen LogP contribution is 2.26. The zero-order chi connectivity index (χ0) is 27.7. The molecule has 0 unspecified atom stereocenters. The number of carboxylic acid groups (broad SMARTS) is 1. The summed E-state index contributed by atoms with van der Waals surface area (Å²) in [5.41, 5.74) is 0.766. The first-order valence-electron chi connectivity index (χ1n) is 15.0. The maximum absolute atomic E-state index is 11.9. The van der Waals surface area contributed by atoms with Crippen LogP contribution in [-0.2, 0) is 14.3 Å². The van der Waals surface area contributed by atoms with Crippen molar-refractivity contribution in [1.29, 1.82) is 0 Å². The van der Waals surface area contributed by atoms with Gasteiger partial charge in [-0.25, -0.2) is 4.79 Å². The fourth-order valence-corrected chi connectivity index (χ4v) is 4.57. The number of hydrogen-bond donors (Lipinski definition) is 2. The molecule has 0 aliphatic rings. The molecule has 1 rings (SSSR count). The number of hydrogen-bond acceptors (Lipinski definition) is 5. The van der Waals surface area contributed by atoms with Gasteiger partial charge in [-0.3, -0.25) is 4.79 Å². The summed E-state index contributed by atoms with van der Waals surface area (Å²) >= 11 is 0. The van der Waals surface area contributed by atoms with Gasteiger partial charge in [0.25, 0.3) is 0 Å². The molecule has 6 nitrogen and oxygen atoms in total. The number of carbonyl (C=O) groups excluding carboxylic acids is 1. The quantitative estimate of drug-likeness (QED) is 0.0742. The number of phenolic OH excluding ortho intramolecular Hbond substituents is 1. The van der Waals surface area contributed by atoms with Gasteiger partial charge in [0.2, 0.25) is 0 Å². The number of phenols is 1. The predicted molar refractivity (Wildman–Crippen MR) is 155 cm³/mol. The molecule has 0 fully saturated rings. The number of esters is 1. The summed E-state index contributed by atoms with van der Waals surface area (Å²) in [7, 11) is 1.49. The van der Waals surface area contributed by atoms with Crippen LogP contribution in [0.3, 0.4) is 0 Å². The summed E-state index contributed by atoms with van der Waals surface area (Å²) in [5, 5.41) is 18.2. The van der Waals surface area contributed by atoms with Crippen LogP contribution in [0.4, 0.5) is 0 Å². The molecular formula is C32H52O6. The van der Waals surface area contributed by atoms with Crippen LogP contribution in [0.1, 0.15) is 134 Å². The van der Waals surface area contributed by atoms with E-state index in [1.807, 2.05) is 0 Å². The monoisotopic (exact) mass is 532 g/mol. The van der Waals surface area contributed by atoms with Crippen LogP contribution in [0.15, 0.2) is 24.3 Å². The molecule has 6 heteroatoms. The Morgan fingerprint density at radius 3 is 1.61 bits per heavy atom. The highest BCUT2D eigenvalue weighted by molar-refractivity contribution is 5.87. The van der Waals surface area contributed by atoms with Gasteiger partial charge < -0.3 is 19.7 Å². The Morgan fingerprint density at radius 1 is 0.711 bits per heavy atom. The Hall–Kier alpha value is -2.50. The molecule has 0 amide bonds. The fraction of sp³-hybridized carbons (Fsp3) is 0.688. The standard InChI is InChI=1S/C32H52O6/c1-37-30-27-28(22-24-29(30)33)23-25-32(36)38-26-20-18-16-14-12-10-8-6-4-2-3-5-7-9-11-13-15-17-19-21-31(34)35/h22-25,27,33H,2-21,26H2,1H3,(H,34,35). The third-order valence-corrected chi connectivity index (χ3v) is 6.89. The second kappa shape index (κ2) is 23.6. The Bertz CT molecular complexity index is 773. The van der Waals surface area contributed by atoms with Crippen LogP contribution < -0.4 is 4.74 Å². The molecule has 0 aromatic heterocycles. The van der Waals surface area contributed by atoms with Crippen LogP contribution in [0.5, 0.6) is 11.5 Å². The molecule has 0 saturated heterocycles. The van der Waals surface area contributed by atoms with E-state index in [1.54, 1.807) is 18.2 Å². The molecule has 216 valence electrons. The van der Waals surface area contributed by atoms with E-state index in [0.717, 1.165) is 31.2 Å². The second-order valence-corrected chi connectivity index (χ2v) is 10.3. The van der Waals surface area contributed by atoms with Gasteiger partial charge in [0.05, 0.1) is 13.7 Å². The highest BCUT2D eigenvalue weighted by Gasteiger charge is 2.02. The number of rotatable bonds is 25. The Kier molecular flexibility index (Phi) is 20.8. The van der Waals surface area contributed by atoms with Crippen molar-refractivity contribution in [1.82, 2.24) is 0 Å². The van der Waals surface area contributed by atoms with Crippen molar-refractivity contribution in [2.45, 2.75) is 128 Å². The number of aliphatic carboxylic acids is 1. The van der Waals surface area contributed by atoms with E-state index in [9.17, 15) is 14.7 Å². The Balaban J connectivity index is 1.80. The third-order valence-electron chi connectivity index (χ3n) is 6.89. The van der Waals surface area contributed by atoms with E-state index < -0.39 is 5.97 Å². The molecule has 2 N–H and O–H groups in total. The van der Waals surface area contributed by atoms with Crippen molar-refractivity contribution in [3.63, 3.8) is 0 Å². The Morgan fingerprint density at radius 2 is 1.16 bits per heavy atom. The van der Waals surface area contributed by atoms with E-state index in [1.165, 1.54) is 116 Å². The fourth-order valence-electron chi connectivity index (χ4n) is 4.57. The predicted octanol–water partition coefficient (Wildman–Crippen LogP) is 8.84. The minimum absolute atomic E-state index is 0.0707. The van der Waals surface area contributed by atoms with Gasteiger partial charge in [0.1, 0.15) is 0 Å². The lowest BCUT2D eigenvalue weighted by Gasteiger charge is -2.05. The lowest BCUT2D eigenvalue weighted by atomic mass is 10.0. The van der Waals surface area contributed by atoms with E-state index >= 15 is 0 Å². The van der Waals surface area contributed by atoms with Crippen LogP contribution in [-0.4, -0.2) is 35.9 Å². The molecule has 0 atom stereocenters. The lowest BCUT2D eigenvalue weighted by molar-refractivity contribution is -0.138. The number of aromatic hydroxyl groups is 1. The SMILES string of the molecule is COc1cc(C=CC(=O)OCCCCCCCCCCCCCCCCCCCCCC(=O)O)ccc1O. The largest absolute Gasteiger partial charge is 0.504 e. The van der Waals surface area contributed by atoms with Crippen molar-refractivity contribution < 1.29 is 29.3 Å². The molecule has 0 aliphatic heterocycles. The summed E-state index contributed by atoms with van der Waals surface area (Å²) < 4.78 is 10.3. The van der Waals surface area contributed by atoms with Crippen LogP contribution in [0.2, 0.25) is 0 Å². The first kappa shape index (κ1) is 33.5. The number of unbranched alkanes of at least 4 members (excludes halogenated alkanes) is 18. The van der Waals surface area contributed by atoms with Crippen molar-refractivity contribution in [3.05, 3.63) is 29.8 Å². The van der Waals surface area contributed by atoms with Crippen molar-refractivity contribution in [2.24, 2.45) is 0 Å². The molecule has 0 saturated carbocycles. The summed E-state index contributed by atoms with van der Waals surface area (Å²) in [6.07, 6.45) is 26.9. The average Bonchev–Trinajstić information content (AvgIpc) is 2.90. The van der Waals surface area contributed by atoms with E-state index in [-0.39, 0.29) is 11.7 Å². The molecule has 1 aromatic rings. The summed E-state index contributed by atoms with van der Waals surface area (Å²) in [4.78, 5) is 22.3. The van der Waals surface area contributed by atoms with Gasteiger partial charge in [-0.1, -0.05) is 115 Å². The van der Waals surface area contributed by atoms with E-state index in [0.29, 0.717) is 18.8 Å². The van der Waals surface area contributed by atoms with Gasteiger partial charge in [0, 0.05) is 12.5 Å². The van der Waals surface area contributed by atoms with Crippen LogP contribution >= 0.6 is 0 Å². The minimum atomic E-state index is -0.671. The first-order valence-corrected chi connectivity index (χ1v) is 15.0. The number of methoxy groups -OCH3 is 1. The van der Waals surface area contributed by atoms with Gasteiger partial charge >= 0.3 is 11.9 Å². The maximum atomic E-state index is 11.9. The third kappa shape index (κ3) is 19.6. The van der Waals surface area contributed by atoms with Crippen molar-refractivity contribution >= 4 is 18.0 Å². The zero-order valence-electron chi connectivity index (χ0n) is 23.8. The second-order valence-electron chi connectivity index (χ2n) is 10.3. The molecule has 38 heavy (non-hydrogen) atoms. The molecule has 0 heterocycles. The maximum Gasteiger partial charge on any atom is 0.330 e. The molecule has 0 bridgehead atoms. The molecule has 0 radical (unpaired) electrons. The van der Waals surface area contributed by atoms with E-state index in [4.69, 9.17) is 14.6 Å². The van der Waals surface area contributed by atoms with Crippen molar-refractivity contribution in [2.75, 3.05) is 13.7 Å². The molecule has 0 aliphatic carbocycles. The smallest absolute Gasteiger partial charge is 0.330 e. The topological polar surface area (TPSA) is 93.1 Å². The van der Waals surface area contributed by atoms with Gasteiger partial charge in [-0.05, 0) is 36.6 Å². The zero-order valence-corrected chi connectivity index (χ0v) is 23.8. The van der Waals surface area contributed by atoms with Crippen molar-refractivity contribution in [3.8, 4) is 11.5 Å². The van der Waals surface area contributed by atoms with Gasteiger partial charge in [-0.15, -0.1) is 0 Å². The number of ether oxygens (including phenoxy) is 2. The number of benzene rings is 1. The van der Waals surface area contributed by atoms with Crippen LogP contribution in [0.25, 0.3) is 6.08 Å². The summed E-state index contributed by atoms with van der Waals surface area (Å²) in [5.74, 6) is -0.575. The molecular weight excluding hydrogens is 480 g/mol. The molecule has 0 spiro atoms. The first-order chi connectivity index (χ1) is 18.5. The number of carbonyl (C=O) groups is 2. The van der Waals surface area contributed by atoms with Crippen LogP contribution in [0, 0.1) is 0 Å². The summed E-state index contributed by atoms with van der Waals surface area (Å²) in [6.45, 7) is 0.455. The average molecular weight is 533 g/mol. The highest BCUT2D eigenvalue weighted by atomic mass is 16.5. The molecule has 1 aromatic carbocycles. The normalized spacial score (nSPS) is 11.2.